The molecule has 0 aromatic carbocycles. The first-order valence-electron chi connectivity index (χ1n) is 22.6. The molecule has 50 heavy (non-hydrogen) atoms. The molecule has 0 heterocycles. The second kappa shape index (κ2) is 42.3. The van der Waals surface area contributed by atoms with Gasteiger partial charge in [0.2, 0.25) is 5.91 Å². The largest absolute Gasteiger partial charge is 0.394 e. The highest BCUT2D eigenvalue weighted by molar-refractivity contribution is 5.76. The zero-order valence-electron chi connectivity index (χ0n) is 33.9. The Hall–Kier alpha value is -1.13. The van der Waals surface area contributed by atoms with Gasteiger partial charge in [-0.3, -0.25) is 4.79 Å². The fraction of sp³-hybridized carbons (Fsp3) is 0.891. The van der Waals surface area contributed by atoms with E-state index in [1.807, 2.05) is 6.08 Å². The summed E-state index contributed by atoms with van der Waals surface area (Å²) in [5.41, 5.74) is 0. The maximum absolute atomic E-state index is 12.4. The minimum absolute atomic E-state index is 0.0698. The Bertz CT molecular complexity index is 720. The van der Waals surface area contributed by atoms with Crippen molar-refractivity contribution < 1.29 is 15.0 Å². The van der Waals surface area contributed by atoms with Crippen LogP contribution in [0.2, 0.25) is 0 Å². The lowest BCUT2D eigenvalue weighted by Crippen LogP contribution is -2.45. The van der Waals surface area contributed by atoms with Crippen molar-refractivity contribution in [2.45, 2.75) is 257 Å². The summed E-state index contributed by atoms with van der Waals surface area (Å²) < 4.78 is 0. The van der Waals surface area contributed by atoms with Gasteiger partial charge in [-0.25, -0.2) is 0 Å². The molecule has 0 aliphatic heterocycles. The molecule has 0 aromatic rings. The van der Waals surface area contributed by atoms with Crippen LogP contribution in [0.5, 0.6) is 0 Å². The normalized spacial score (nSPS) is 13.1. The van der Waals surface area contributed by atoms with E-state index < -0.39 is 12.1 Å². The number of allylic oxidation sites excluding steroid dienone is 3. The van der Waals surface area contributed by atoms with Gasteiger partial charge >= 0.3 is 0 Å². The van der Waals surface area contributed by atoms with Crippen LogP contribution >= 0.6 is 0 Å². The number of amides is 1. The molecule has 0 fully saturated rings. The van der Waals surface area contributed by atoms with Crippen LogP contribution in [0.25, 0.3) is 0 Å². The highest BCUT2D eigenvalue weighted by Gasteiger charge is 2.17. The molecular weight excluding hydrogens is 615 g/mol. The minimum Gasteiger partial charge on any atom is -0.394 e. The van der Waals surface area contributed by atoms with Crippen LogP contribution in [-0.4, -0.2) is 34.9 Å². The molecular formula is C46H89NO3. The quantitative estimate of drug-likeness (QED) is 0.0438. The Morgan fingerprint density at radius 2 is 0.780 bits per heavy atom. The Morgan fingerprint density at radius 3 is 1.16 bits per heavy atom. The summed E-state index contributed by atoms with van der Waals surface area (Å²) in [5, 5.41) is 23.0. The summed E-state index contributed by atoms with van der Waals surface area (Å²) in [5.74, 6) is -0.0698. The predicted octanol–water partition coefficient (Wildman–Crippen LogP) is 14.0. The fourth-order valence-electron chi connectivity index (χ4n) is 6.96. The van der Waals surface area contributed by atoms with E-state index in [4.69, 9.17) is 0 Å². The van der Waals surface area contributed by atoms with Crippen molar-refractivity contribution in [2.75, 3.05) is 6.61 Å². The number of aliphatic hydroxyl groups excluding tert-OH is 2. The molecule has 0 saturated heterocycles. The predicted molar refractivity (Wildman–Crippen MR) is 221 cm³/mol. The number of hydrogen-bond acceptors (Lipinski definition) is 3. The molecule has 0 saturated carbocycles. The van der Waals surface area contributed by atoms with Crippen LogP contribution in [-0.2, 0) is 4.79 Å². The highest BCUT2D eigenvalue weighted by atomic mass is 16.3. The van der Waals surface area contributed by atoms with Crippen molar-refractivity contribution >= 4 is 5.91 Å². The number of rotatable bonds is 41. The molecule has 0 unspecified atom stereocenters. The third-order valence-corrected chi connectivity index (χ3v) is 10.4. The monoisotopic (exact) mass is 704 g/mol. The van der Waals surface area contributed by atoms with Crippen LogP contribution in [0.1, 0.15) is 245 Å². The van der Waals surface area contributed by atoms with Crippen LogP contribution in [0.15, 0.2) is 24.3 Å². The summed E-state index contributed by atoms with van der Waals surface area (Å²) >= 11 is 0. The number of carbonyl (C=O) groups is 1. The summed E-state index contributed by atoms with van der Waals surface area (Å²) in [6.07, 6.45) is 54.4. The van der Waals surface area contributed by atoms with Gasteiger partial charge in [-0.2, -0.15) is 0 Å². The SMILES string of the molecule is CCCCCCCCCCCC/C=C/CC/C=C/[C@@H](O)[C@H](CO)NC(=O)CCCCCCCCCCCCCCCCCCCCCCCC. The third kappa shape index (κ3) is 38.1. The molecule has 296 valence electrons. The Balaban J connectivity index is 3.54. The van der Waals surface area contributed by atoms with Crippen LogP contribution < -0.4 is 5.32 Å². The van der Waals surface area contributed by atoms with Gasteiger partial charge < -0.3 is 15.5 Å². The third-order valence-electron chi connectivity index (χ3n) is 10.4. The number of aliphatic hydroxyl groups is 2. The Morgan fingerprint density at radius 1 is 0.460 bits per heavy atom. The molecule has 0 radical (unpaired) electrons. The molecule has 0 aliphatic rings. The van der Waals surface area contributed by atoms with E-state index >= 15 is 0 Å². The van der Waals surface area contributed by atoms with Crippen LogP contribution in [0.3, 0.4) is 0 Å². The van der Waals surface area contributed by atoms with Crippen LogP contribution in [0, 0.1) is 0 Å². The second-order valence-corrected chi connectivity index (χ2v) is 15.5. The van der Waals surface area contributed by atoms with E-state index in [0.29, 0.717) is 6.42 Å². The molecule has 0 bridgehead atoms. The van der Waals surface area contributed by atoms with Gasteiger partial charge in [0, 0.05) is 6.42 Å². The highest BCUT2D eigenvalue weighted by Crippen LogP contribution is 2.16. The first kappa shape index (κ1) is 48.9. The van der Waals surface area contributed by atoms with Crippen molar-refractivity contribution in [3.05, 3.63) is 24.3 Å². The zero-order valence-corrected chi connectivity index (χ0v) is 33.9. The summed E-state index contributed by atoms with van der Waals surface area (Å²) in [6.45, 7) is 4.31. The van der Waals surface area contributed by atoms with Crippen molar-refractivity contribution in [2.24, 2.45) is 0 Å². The molecule has 0 aliphatic carbocycles. The summed E-state index contributed by atoms with van der Waals surface area (Å²) in [4.78, 5) is 12.4. The molecule has 0 rings (SSSR count). The van der Waals surface area contributed by atoms with Crippen LogP contribution in [0.4, 0.5) is 0 Å². The van der Waals surface area contributed by atoms with E-state index in [1.54, 1.807) is 6.08 Å². The molecule has 2 atom stereocenters. The Kier molecular flexibility index (Phi) is 41.3. The van der Waals surface area contributed by atoms with Gasteiger partial charge in [0.25, 0.3) is 0 Å². The van der Waals surface area contributed by atoms with Crippen molar-refractivity contribution in [3.8, 4) is 0 Å². The van der Waals surface area contributed by atoms with E-state index in [1.165, 1.54) is 193 Å². The molecule has 0 spiro atoms. The molecule has 1 amide bonds. The maximum atomic E-state index is 12.4. The fourth-order valence-corrected chi connectivity index (χ4v) is 6.96. The molecule has 3 N–H and O–H groups in total. The number of hydrogen-bond donors (Lipinski definition) is 3. The smallest absolute Gasteiger partial charge is 0.220 e. The second-order valence-electron chi connectivity index (χ2n) is 15.5. The average molecular weight is 704 g/mol. The molecule has 4 heteroatoms. The lowest BCUT2D eigenvalue weighted by atomic mass is 10.0. The maximum Gasteiger partial charge on any atom is 0.220 e. The van der Waals surface area contributed by atoms with Crippen molar-refractivity contribution in [1.29, 1.82) is 0 Å². The van der Waals surface area contributed by atoms with Gasteiger partial charge in [-0.05, 0) is 32.1 Å². The zero-order chi connectivity index (χ0) is 36.4. The van der Waals surface area contributed by atoms with E-state index in [2.05, 4.69) is 31.3 Å². The van der Waals surface area contributed by atoms with Crippen molar-refractivity contribution in [1.82, 2.24) is 5.32 Å². The minimum atomic E-state index is -0.857. The number of nitrogens with one attached hydrogen (secondary N) is 1. The Labute approximate surface area is 313 Å². The van der Waals surface area contributed by atoms with Gasteiger partial charge in [-0.15, -0.1) is 0 Å². The summed E-state index contributed by atoms with van der Waals surface area (Å²) in [6, 6.07) is -0.634. The van der Waals surface area contributed by atoms with E-state index in [9.17, 15) is 15.0 Å². The number of carbonyl (C=O) groups excluding carboxylic acids is 1. The van der Waals surface area contributed by atoms with Gasteiger partial charge in [-0.1, -0.05) is 231 Å². The first-order chi connectivity index (χ1) is 24.7. The van der Waals surface area contributed by atoms with Gasteiger partial charge in [0.1, 0.15) is 0 Å². The standard InChI is InChI=1S/C46H89NO3/c1-3-5-7-9-11-13-15-17-19-21-22-23-24-25-26-28-30-32-34-36-38-40-42-46(50)47-44(43-48)45(49)41-39-37-35-33-31-29-27-20-18-16-14-12-10-8-6-4-2/h31,33,39,41,44-45,48-49H,3-30,32,34-38,40,42-43H2,1-2H3,(H,47,50)/b33-31+,41-39+/t44-,45+/m0/s1. The molecule has 4 nitrogen and oxygen atoms in total. The first-order valence-corrected chi connectivity index (χ1v) is 22.6. The number of unbranched alkanes of at least 4 members (excludes halogenated alkanes) is 32. The van der Waals surface area contributed by atoms with Crippen molar-refractivity contribution in [3.63, 3.8) is 0 Å². The lowest BCUT2D eigenvalue weighted by molar-refractivity contribution is -0.123. The van der Waals surface area contributed by atoms with E-state index in [0.717, 1.165) is 32.1 Å². The lowest BCUT2D eigenvalue weighted by Gasteiger charge is -2.19. The van der Waals surface area contributed by atoms with E-state index in [-0.39, 0.29) is 12.5 Å². The average Bonchev–Trinajstić information content (AvgIpc) is 3.12. The molecule has 0 aromatic heterocycles. The topological polar surface area (TPSA) is 69.6 Å². The van der Waals surface area contributed by atoms with Gasteiger partial charge in [0.15, 0.2) is 0 Å². The van der Waals surface area contributed by atoms with Gasteiger partial charge in [0.05, 0.1) is 18.8 Å². The summed E-state index contributed by atoms with van der Waals surface area (Å²) in [7, 11) is 0.